The zero-order chi connectivity index (χ0) is 21.5. The number of hydrogen-bond acceptors (Lipinski definition) is 4. The monoisotopic (exact) mass is 409 g/mol. The summed E-state index contributed by atoms with van der Waals surface area (Å²) in [4.78, 5) is 19.7. The van der Waals surface area contributed by atoms with E-state index >= 15 is 0 Å². The van der Waals surface area contributed by atoms with Crippen LogP contribution in [0, 0.1) is 6.92 Å². The van der Waals surface area contributed by atoms with Gasteiger partial charge < -0.3 is 4.57 Å². The summed E-state index contributed by atoms with van der Waals surface area (Å²) in [5, 5.41) is 8.26. The molecule has 0 aliphatic carbocycles. The molecule has 0 saturated carbocycles. The predicted molar refractivity (Wildman–Crippen MR) is 121 cm³/mol. The molecule has 6 heteroatoms. The second kappa shape index (κ2) is 7.47. The van der Waals surface area contributed by atoms with Crippen molar-refractivity contribution in [2.45, 2.75) is 33.4 Å². The Morgan fingerprint density at radius 2 is 1.77 bits per heavy atom. The highest BCUT2D eigenvalue weighted by molar-refractivity contribution is 6.10. The minimum Gasteiger partial charge on any atom is -0.310 e. The normalized spacial score (nSPS) is 13.2. The van der Waals surface area contributed by atoms with Gasteiger partial charge in [0.15, 0.2) is 5.82 Å². The van der Waals surface area contributed by atoms with Crippen LogP contribution >= 0.6 is 0 Å². The van der Waals surface area contributed by atoms with Crippen molar-refractivity contribution >= 4 is 11.7 Å². The van der Waals surface area contributed by atoms with Crippen molar-refractivity contribution in [2.75, 3.05) is 4.90 Å². The maximum atomic E-state index is 13.3. The molecule has 2 aromatic heterocycles. The van der Waals surface area contributed by atoms with E-state index in [0.717, 1.165) is 22.3 Å². The first-order valence-electron chi connectivity index (χ1n) is 10.4. The first kappa shape index (κ1) is 19.2. The first-order chi connectivity index (χ1) is 15.0. The standard InChI is InChI=1S/C25H23N5O/c1-16(2)30-15-26-28-24(30)22-8-5-9-23(27-22)29-14-20-11-10-19(13-21(20)25(29)31)18-7-4-6-17(3)12-18/h4-13,15-16H,14H2,1-3H3. The second-order valence-electron chi connectivity index (χ2n) is 8.17. The average Bonchev–Trinajstić information content (AvgIpc) is 3.39. The third kappa shape index (κ3) is 3.40. The molecule has 1 aliphatic heterocycles. The van der Waals surface area contributed by atoms with E-state index in [4.69, 9.17) is 4.98 Å². The highest BCUT2D eigenvalue weighted by Gasteiger charge is 2.30. The molecule has 6 nitrogen and oxygen atoms in total. The molecule has 4 aromatic rings. The highest BCUT2D eigenvalue weighted by Crippen LogP contribution is 2.32. The van der Waals surface area contributed by atoms with Gasteiger partial charge in [0.2, 0.25) is 0 Å². The number of carbonyl (C=O) groups excluding carboxylic acids is 1. The van der Waals surface area contributed by atoms with Crippen LogP contribution in [0.25, 0.3) is 22.6 Å². The van der Waals surface area contributed by atoms with Crippen LogP contribution in [0.15, 0.2) is 67.0 Å². The van der Waals surface area contributed by atoms with E-state index in [9.17, 15) is 4.79 Å². The molecule has 0 radical (unpaired) electrons. The number of rotatable bonds is 4. The van der Waals surface area contributed by atoms with E-state index < -0.39 is 0 Å². The van der Waals surface area contributed by atoms with Gasteiger partial charge in [0, 0.05) is 11.6 Å². The number of benzene rings is 2. The van der Waals surface area contributed by atoms with Crippen molar-refractivity contribution in [2.24, 2.45) is 0 Å². The largest absolute Gasteiger partial charge is 0.310 e. The zero-order valence-electron chi connectivity index (χ0n) is 17.8. The lowest BCUT2D eigenvalue weighted by Crippen LogP contribution is -2.24. The number of carbonyl (C=O) groups is 1. The number of aromatic nitrogens is 4. The van der Waals surface area contributed by atoms with Gasteiger partial charge in [-0.2, -0.15) is 0 Å². The third-order valence-electron chi connectivity index (χ3n) is 5.63. The summed E-state index contributed by atoms with van der Waals surface area (Å²) >= 11 is 0. The SMILES string of the molecule is Cc1cccc(-c2ccc3c(c2)C(=O)N(c2cccc(-c4nncn4C(C)C)n2)C3)c1. The van der Waals surface area contributed by atoms with E-state index in [1.165, 1.54) is 5.56 Å². The van der Waals surface area contributed by atoms with Crippen LogP contribution in [0.2, 0.25) is 0 Å². The van der Waals surface area contributed by atoms with E-state index in [2.05, 4.69) is 55.2 Å². The third-order valence-corrected chi connectivity index (χ3v) is 5.63. The van der Waals surface area contributed by atoms with Gasteiger partial charge in [0.05, 0.1) is 6.54 Å². The van der Waals surface area contributed by atoms with Crippen LogP contribution in [0.4, 0.5) is 5.82 Å². The topological polar surface area (TPSA) is 63.9 Å². The average molecular weight is 409 g/mol. The van der Waals surface area contributed by atoms with Gasteiger partial charge in [-0.25, -0.2) is 4.98 Å². The number of pyridine rings is 1. The van der Waals surface area contributed by atoms with Crippen molar-refractivity contribution in [3.8, 4) is 22.6 Å². The number of amides is 1. The fourth-order valence-corrected chi connectivity index (χ4v) is 3.99. The molecule has 1 amide bonds. The minimum atomic E-state index is -0.0283. The van der Waals surface area contributed by atoms with Gasteiger partial charge in [-0.05, 0) is 55.7 Å². The molecule has 1 aliphatic rings. The van der Waals surface area contributed by atoms with Gasteiger partial charge in [-0.15, -0.1) is 10.2 Å². The molecule has 31 heavy (non-hydrogen) atoms. The quantitative estimate of drug-likeness (QED) is 0.473. The van der Waals surface area contributed by atoms with E-state index in [1.807, 2.05) is 41.0 Å². The highest BCUT2D eigenvalue weighted by atomic mass is 16.2. The van der Waals surface area contributed by atoms with Crippen molar-refractivity contribution in [3.05, 3.63) is 83.7 Å². The first-order valence-corrected chi connectivity index (χ1v) is 10.4. The summed E-state index contributed by atoms with van der Waals surface area (Å²) < 4.78 is 1.97. The van der Waals surface area contributed by atoms with Crippen molar-refractivity contribution < 1.29 is 4.79 Å². The van der Waals surface area contributed by atoms with Crippen molar-refractivity contribution in [1.29, 1.82) is 0 Å². The second-order valence-corrected chi connectivity index (χ2v) is 8.17. The molecule has 0 bridgehead atoms. The summed E-state index contributed by atoms with van der Waals surface area (Å²) in [6.07, 6.45) is 1.71. The number of nitrogens with zero attached hydrogens (tertiary/aromatic N) is 5. The molecule has 0 fully saturated rings. The summed E-state index contributed by atoms with van der Waals surface area (Å²) in [6, 6.07) is 20.3. The van der Waals surface area contributed by atoms with Crippen LogP contribution in [0.3, 0.4) is 0 Å². The maximum absolute atomic E-state index is 13.3. The molecular weight excluding hydrogens is 386 g/mol. The Bertz CT molecular complexity index is 1290. The van der Waals surface area contributed by atoms with Crippen LogP contribution in [-0.2, 0) is 6.54 Å². The summed E-state index contributed by atoms with van der Waals surface area (Å²) in [5.74, 6) is 1.29. The van der Waals surface area contributed by atoms with E-state index in [1.54, 1.807) is 11.2 Å². The lowest BCUT2D eigenvalue weighted by atomic mass is 9.99. The predicted octanol–water partition coefficient (Wildman–Crippen LogP) is 5.06. The number of hydrogen-bond donors (Lipinski definition) is 0. The lowest BCUT2D eigenvalue weighted by molar-refractivity contribution is 0.0996. The van der Waals surface area contributed by atoms with Gasteiger partial charge in [0.1, 0.15) is 17.8 Å². The summed E-state index contributed by atoms with van der Waals surface area (Å²) in [7, 11) is 0. The van der Waals surface area contributed by atoms with Gasteiger partial charge in [-0.3, -0.25) is 9.69 Å². The Morgan fingerprint density at radius 1 is 0.968 bits per heavy atom. The van der Waals surface area contributed by atoms with E-state index in [-0.39, 0.29) is 11.9 Å². The molecule has 3 heterocycles. The Hall–Kier alpha value is -3.80. The Kier molecular flexibility index (Phi) is 4.62. The van der Waals surface area contributed by atoms with Crippen LogP contribution in [0.1, 0.15) is 41.4 Å². The summed E-state index contributed by atoms with van der Waals surface area (Å²) in [5.41, 5.74) is 5.80. The number of fused-ring (bicyclic) bond motifs is 1. The van der Waals surface area contributed by atoms with Gasteiger partial charge in [0.25, 0.3) is 5.91 Å². The molecule has 5 rings (SSSR count). The number of aryl methyl sites for hydroxylation is 1. The fraction of sp³-hybridized carbons (Fsp3) is 0.200. The Labute approximate surface area is 181 Å². The fourth-order valence-electron chi connectivity index (χ4n) is 3.99. The van der Waals surface area contributed by atoms with Gasteiger partial charge in [-0.1, -0.05) is 48.0 Å². The van der Waals surface area contributed by atoms with Crippen LogP contribution < -0.4 is 4.90 Å². The maximum Gasteiger partial charge on any atom is 0.260 e. The molecule has 0 spiro atoms. The Balaban J connectivity index is 1.48. The molecule has 0 N–H and O–H groups in total. The minimum absolute atomic E-state index is 0.0283. The lowest BCUT2D eigenvalue weighted by Gasteiger charge is -2.16. The molecule has 0 unspecified atom stereocenters. The molecule has 154 valence electrons. The Morgan fingerprint density at radius 3 is 2.58 bits per heavy atom. The number of anilines is 1. The van der Waals surface area contributed by atoms with Crippen molar-refractivity contribution in [1.82, 2.24) is 19.7 Å². The van der Waals surface area contributed by atoms with Crippen LogP contribution in [-0.4, -0.2) is 25.7 Å². The molecule has 2 aromatic carbocycles. The zero-order valence-corrected chi connectivity index (χ0v) is 17.8. The molecular formula is C25H23N5O. The van der Waals surface area contributed by atoms with E-state index in [0.29, 0.717) is 23.9 Å². The van der Waals surface area contributed by atoms with Crippen LogP contribution in [0.5, 0.6) is 0 Å². The van der Waals surface area contributed by atoms with Gasteiger partial charge >= 0.3 is 0 Å². The molecule has 0 atom stereocenters. The smallest absolute Gasteiger partial charge is 0.260 e. The van der Waals surface area contributed by atoms with Crippen molar-refractivity contribution in [3.63, 3.8) is 0 Å². The molecule has 0 saturated heterocycles. The summed E-state index contributed by atoms with van der Waals surface area (Å²) in [6.45, 7) is 6.73.